The number of furan rings is 2. The zero-order valence-electron chi connectivity index (χ0n) is 30.4. The van der Waals surface area contributed by atoms with Crippen LogP contribution >= 0.6 is 0 Å². The van der Waals surface area contributed by atoms with Crippen molar-refractivity contribution >= 4 is 65.7 Å². The van der Waals surface area contributed by atoms with E-state index in [1.54, 1.807) is 0 Å². The zero-order chi connectivity index (χ0) is 37.5. The van der Waals surface area contributed by atoms with E-state index in [-0.39, 0.29) is 0 Å². The first-order valence-electron chi connectivity index (χ1n) is 19.0. The van der Waals surface area contributed by atoms with Crippen LogP contribution in [0.4, 0.5) is 0 Å². The second-order valence-electron chi connectivity index (χ2n) is 14.4. The minimum atomic E-state index is 0.570. The summed E-state index contributed by atoms with van der Waals surface area (Å²) in [5, 5.41) is 6.54. The summed E-state index contributed by atoms with van der Waals surface area (Å²) < 4.78 is 15.1. The SMILES string of the molecule is c1ccc(-c2nc(-c3ccc4c(c3)oc3ccccc34)nc(-c3cccc4c5ccccc5n(-c5ccc6oc7cccc(-c8ccccc8)c7c6c5)c34)n2)cc1. The Labute approximate surface area is 325 Å². The van der Waals surface area contributed by atoms with Crippen molar-refractivity contribution in [2.75, 3.05) is 0 Å². The van der Waals surface area contributed by atoms with Gasteiger partial charge in [-0.15, -0.1) is 0 Å². The third kappa shape index (κ3) is 4.94. The Kier molecular flexibility index (Phi) is 6.83. The molecular formula is C51H30N4O2. The molecule has 0 atom stereocenters. The van der Waals surface area contributed by atoms with Crippen LogP contribution in [0.15, 0.2) is 191 Å². The van der Waals surface area contributed by atoms with Gasteiger partial charge in [0.15, 0.2) is 17.5 Å². The smallest absolute Gasteiger partial charge is 0.166 e. The van der Waals surface area contributed by atoms with Gasteiger partial charge in [0.25, 0.3) is 0 Å². The van der Waals surface area contributed by atoms with Gasteiger partial charge in [-0.1, -0.05) is 127 Å². The molecule has 57 heavy (non-hydrogen) atoms. The third-order valence-electron chi connectivity index (χ3n) is 11.1. The van der Waals surface area contributed by atoms with Gasteiger partial charge in [0.05, 0.1) is 11.0 Å². The van der Waals surface area contributed by atoms with Gasteiger partial charge in [-0.2, -0.15) is 0 Å². The summed E-state index contributed by atoms with van der Waals surface area (Å²) >= 11 is 0. The number of hydrogen-bond acceptors (Lipinski definition) is 5. The van der Waals surface area contributed by atoms with E-state index in [1.165, 1.54) is 0 Å². The number of fused-ring (bicyclic) bond motifs is 9. The summed E-state index contributed by atoms with van der Waals surface area (Å²) in [6, 6.07) is 62.7. The van der Waals surface area contributed by atoms with E-state index in [2.05, 4.69) is 126 Å². The van der Waals surface area contributed by atoms with Gasteiger partial charge >= 0.3 is 0 Å². The maximum absolute atomic E-state index is 6.47. The molecule has 0 saturated heterocycles. The Morgan fingerprint density at radius 2 is 0.965 bits per heavy atom. The van der Waals surface area contributed by atoms with Crippen LogP contribution in [0.2, 0.25) is 0 Å². The normalized spacial score (nSPS) is 11.9. The topological polar surface area (TPSA) is 69.9 Å². The number of benzene rings is 8. The van der Waals surface area contributed by atoms with E-state index in [1.807, 2.05) is 60.7 Å². The number of aromatic nitrogens is 4. The highest BCUT2D eigenvalue weighted by atomic mass is 16.3. The van der Waals surface area contributed by atoms with E-state index >= 15 is 0 Å². The van der Waals surface area contributed by atoms with Crippen LogP contribution in [0, 0.1) is 0 Å². The van der Waals surface area contributed by atoms with Gasteiger partial charge in [-0.25, -0.2) is 15.0 Å². The lowest BCUT2D eigenvalue weighted by Gasteiger charge is -2.13. The molecule has 0 aliphatic carbocycles. The largest absolute Gasteiger partial charge is 0.456 e. The van der Waals surface area contributed by atoms with E-state index in [9.17, 15) is 0 Å². The Morgan fingerprint density at radius 3 is 1.82 bits per heavy atom. The van der Waals surface area contributed by atoms with Crippen molar-refractivity contribution in [1.29, 1.82) is 0 Å². The number of hydrogen-bond donors (Lipinski definition) is 0. The molecule has 12 aromatic rings. The fourth-order valence-electron chi connectivity index (χ4n) is 8.49. The maximum atomic E-state index is 6.47. The molecule has 0 bridgehead atoms. The minimum absolute atomic E-state index is 0.570. The van der Waals surface area contributed by atoms with Crippen LogP contribution in [-0.4, -0.2) is 19.5 Å². The number of para-hydroxylation sites is 3. The predicted molar refractivity (Wildman–Crippen MR) is 230 cm³/mol. The number of nitrogens with zero attached hydrogens (tertiary/aromatic N) is 4. The molecule has 0 radical (unpaired) electrons. The van der Waals surface area contributed by atoms with Crippen LogP contribution < -0.4 is 0 Å². The Morgan fingerprint density at radius 1 is 0.351 bits per heavy atom. The molecule has 12 rings (SSSR count). The molecule has 0 aliphatic rings. The van der Waals surface area contributed by atoms with Crippen molar-refractivity contribution in [3.63, 3.8) is 0 Å². The molecule has 6 heteroatoms. The van der Waals surface area contributed by atoms with Gasteiger partial charge in [-0.05, 0) is 65.7 Å². The zero-order valence-corrected chi connectivity index (χ0v) is 30.4. The molecule has 266 valence electrons. The van der Waals surface area contributed by atoms with Crippen molar-refractivity contribution in [3.05, 3.63) is 182 Å². The van der Waals surface area contributed by atoms with Crippen molar-refractivity contribution in [2.45, 2.75) is 0 Å². The van der Waals surface area contributed by atoms with E-state index in [0.29, 0.717) is 17.5 Å². The molecule has 4 heterocycles. The molecule has 0 spiro atoms. The first kappa shape index (κ1) is 31.5. The van der Waals surface area contributed by atoms with Crippen molar-refractivity contribution < 1.29 is 8.83 Å². The maximum Gasteiger partial charge on any atom is 0.166 e. The van der Waals surface area contributed by atoms with Crippen molar-refractivity contribution in [1.82, 2.24) is 19.5 Å². The molecule has 0 aliphatic heterocycles. The van der Waals surface area contributed by atoms with Crippen LogP contribution in [-0.2, 0) is 0 Å². The molecule has 0 amide bonds. The summed E-state index contributed by atoms with van der Waals surface area (Å²) in [6.45, 7) is 0. The first-order valence-corrected chi connectivity index (χ1v) is 19.0. The highest BCUT2D eigenvalue weighted by Crippen LogP contribution is 2.42. The van der Waals surface area contributed by atoms with Gasteiger partial charge in [0, 0.05) is 54.7 Å². The Balaban J connectivity index is 1.12. The Bertz CT molecular complexity index is 3530. The van der Waals surface area contributed by atoms with Crippen LogP contribution in [0.1, 0.15) is 0 Å². The fraction of sp³-hybridized carbons (Fsp3) is 0. The highest BCUT2D eigenvalue weighted by Gasteiger charge is 2.22. The van der Waals surface area contributed by atoms with E-state index in [0.717, 1.165) is 99.2 Å². The third-order valence-corrected chi connectivity index (χ3v) is 11.1. The number of rotatable bonds is 5. The van der Waals surface area contributed by atoms with E-state index in [4.69, 9.17) is 23.8 Å². The monoisotopic (exact) mass is 730 g/mol. The summed E-state index contributed by atoms with van der Waals surface area (Å²) in [4.78, 5) is 15.5. The first-order chi connectivity index (χ1) is 28.2. The lowest BCUT2D eigenvalue weighted by atomic mass is 9.99. The molecule has 0 N–H and O–H groups in total. The highest BCUT2D eigenvalue weighted by molar-refractivity contribution is 6.16. The van der Waals surface area contributed by atoms with Gasteiger partial charge in [0.1, 0.15) is 22.3 Å². The van der Waals surface area contributed by atoms with Crippen LogP contribution in [0.3, 0.4) is 0 Å². The molecule has 0 saturated carbocycles. The van der Waals surface area contributed by atoms with Crippen molar-refractivity contribution in [2.24, 2.45) is 0 Å². The van der Waals surface area contributed by atoms with Gasteiger partial charge < -0.3 is 13.4 Å². The van der Waals surface area contributed by atoms with Gasteiger partial charge in [0.2, 0.25) is 0 Å². The van der Waals surface area contributed by atoms with Crippen LogP contribution in [0.5, 0.6) is 0 Å². The van der Waals surface area contributed by atoms with Gasteiger partial charge in [-0.3, -0.25) is 0 Å². The molecule has 8 aromatic carbocycles. The predicted octanol–water partition coefficient (Wildman–Crippen LogP) is 13.4. The summed E-state index contributed by atoms with van der Waals surface area (Å²) in [5.41, 5.74) is 11.4. The van der Waals surface area contributed by atoms with Crippen LogP contribution in [0.25, 0.3) is 117 Å². The summed E-state index contributed by atoms with van der Waals surface area (Å²) in [6.07, 6.45) is 0. The molecule has 0 fully saturated rings. The fourth-order valence-corrected chi connectivity index (χ4v) is 8.49. The second kappa shape index (κ2) is 12.3. The lowest BCUT2D eigenvalue weighted by molar-refractivity contribution is 0.668. The standard InChI is InChI=1S/C51H30N4O2/c1-3-13-31(14-4-1)35-19-12-24-45-47(35)41-30-34(26-28-44(41)56-45)55-42-22-9-7-17-36(42)39-20-11-21-40(48(39)55)51-53-49(32-15-5-2-6-16-32)52-50(54-51)33-25-27-38-37-18-8-10-23-43(37)57-46(38)29-33/h1-30H. The Hall–Kier alpha value is -7.83. The average molecular weight is 731 g/mol. The minimum Gasteiger partial charge on any atom is -0.456 e. The molecule has 6 nitrogen and oxygen atoms in total. The van der Waals surface area contributed by atoms with E-state index < -0.39 is 0 Å². The molecule has 0 unspecified atom stereocenters. The second-order valence-corrected chi connectivity index (χ2v) is 14.4. The average Bonchev–Trinajstić information content (AvgIpc) is 3.96. The quantitative estimate of drug-likeness (QED) is 0.176. The lowest BCUT2D eigenvalue weighted by Crippen LogP contribution is -2.02. The summed E-state index contributed by atoms with van der Waals surface area (Å²) in [7, 11) is 0. The molecular weight excluding hydrogens is 701 g/mol. The van der Waals surface area contributed by atoms with Crippen molar-refractivity contribution in [3.8, 4) is 51.0 Å². The summed E-state index contributed by atoms with van der Waals surface area (Å²) in [5.74, 6) is 1.75. The molecule has 4 aromatic heterocycles.